The van der Waals surface area contributed by atoms with Crippen LogP contribution < -0.4 is 14.9 Å². The van der Waals surface area contributed by atoms with Gasteiger partial charge in [0.1, 0.15) is 11.5 Å². The summed E-state index contributed by atoms with van der Waals surface area (Å²) in [5, 5.41) is 12.7. The predicted molar refractivity (Wildman–Crippen MR) is 100 cm³/mol. The summed E-state index contributed by atoms with van der Waals surface area (Å²) in [4.78, 5) is 22.7. The molecule has 0 fully saturated rings. The molecule has 136 valence electrons. The Bertz CT molecular complexity index is 857. The minimum Gasteiger partial charge on any atom is -0.496 e. The van der Waals surface area contributed by atoms with Crippen molar-refractivity contribution in [1.29, 1.82) is 0 Å². The lowest BCUT2D eigenvalue weighted by Gasteiger charge is -2.07. The summed E-state index contributed by atoms with van der Waals surface area (Å²) in [5.74, 6) is -0.873. The Kier molecular flexibility index (Phi) is 6.99. The standard InChI is InChI=1S/C17H14BrClN2O5/c1-25-14-5-3-11(18)7-12(14)17(24)21-20-8-10-2-4-15(13(19)6-10)26-9-16(22)23/h2-8H,9H2,1H3,(H,21,24)(H,22,23). The van der Waals surface area contributed by atoms with Crippen LogP contribution in [0.15, 0.2) is 46.0 Å². The highest BCUT2D eigenvalue weighted by Crippen LogP contribution is 2.25. The number of rotatable bonds is 7. The van der Waals surface area contributed by atoms with Gasteiger partial charge in [0.05, 0.1) is 23.9 Å². The molecule has 0 aliphatic rings. The molecule has 7 nitrogen and oxygen atoms in total. The van der Waals surface area contributed by atoms with Crippen molar-refractivity contribution in [3.63, 3.8) is 0 Å². The first-order valence-corrected chi connectivity index (χ1v) is 8.39. The first-order chi connectivity index (χ1) is 12.4. The maximum absolute atomic E-state index is 12.2. The lowest BCUT2D eigenvalue weighted by Crippen LogP contribution is -2.18. The van der Waals surface area contributed by atoms with E-state index in [4.69, 9.17) is 26.2 Å². The normalized spacial score (nSPS) is 10.6. The molecule has 26 heavy (non-hydrogen) atoms. The maximum atomic E-state index is 12.2. The molecule has 0 aliphatic heterocycles. The summed E-state index contributed by atoms with van der Waals surface area (Å²) < 4.78 is 10.9. The number of amides is 1. The van der Waals surface area contributed by atoms with Crippen molar-refractivity contribution in [1.82, 2.24) is 5.43 Å². The van der Waals surface area contributed by atoms with Crippen molar-refractivity contribution in [2.45, 2.75) is 0 Å². The Morgan fingerprint density at radius 1 is 1.27 bits per heavy atom. The topological polar surface area (TPSA) is 97.2 Å². The van der Waals surface area contributed by atoms with E-state index in [0.717, 1.165) is 4.47 Å². The minimum atomic E-state index is -1.10. The van der Waals surface area contributed by atoms with Gasteiger partial charge in [0.25, 0.3) is 5.91 Å². The van der Waals surface area contributed by atoms with Gasteiger partial charge in [-0.05, 0) is 42.0 Å². The first kappa shape index (κ1) is 19.7. The van der Waals surface area contributed by atoms with Crippen molar-refractivity contribution >= 4 is 45.6 Å². The highest BCUT2D eigenvalue weighted by atomic mass is 79.9. The number of carboxylic acids is 1. The zero-order valence-corrected chi connectivity index (χ0v) is 15.9. The molecule has 2 rings (SSSR count). The second kappa shape index (κ2) is 9.21. The Morgan fingerprint density at radius 2 is 2.00 bits per heavy atom. The molecule has 0 heterocycles. The molecule has 0 bridgehead atoms. The fourth-order valence-electron chi connectivity index (χ4n) is 1.94. The molecule has 0 atom stereocenters. The van der Waals surface area contributed by atoms with Gasteiger partial charge in [0.2, 0.25) is 0 Å². The second-order valence-corrected chi connectivity index (χ2v) is 6.24. The number of hydrogen-bond donors (Lipinski definition) is 2. The molecule has 0 radical (unpaired) electrons. The monoisotopic (exact) mass is 440 g/mol. The van der Waals surface area contributed by atoms with E-state index in [0.29, 0.717) is 16.9 Å². The number of methoxy groups -OCH3 is 1. The zero-order chi connectivity index (χ0) is 19.1. The van der Waals surface area contributed by atoms with E-state index in [1.807, 2.05) is 0 Å². The quantitative estimate of drug-likeness (QED) is 0.507. The number of carboxylic acid groups (broad SMARTS) is 1. The fraction of sp³-hybridized carbons (Fsp3) is 0.118. The summed E-state index contributed by atoms with van der Waals surface area (Å²) in [5.41, 5.74) is 3.33. The molecule has 2 aromatic carbocycles. The van der Waals surface area contributed by atoms with E-state index in [9.17, 15) is 9.59 Å². The molecule has 9 heteroatoms. The molecule has 2 aromatic rings. The smallest absolute Gasteiger partial charge is 0.341 e. The van der Waals surface area contributed by atoms with Gasteiger partial charge in [0.15, 0.2) is 6.61 Å². The molecule has 2 N–H and O–H groups in total. The van der Waals surface area contributed by atoms with E-state index in [2.05, 4.69) is 26.5 Å². The lowest BCUT2D eigenvalue weighted by atomic mass is 10.2. The molecular weight excluding hydrogens is 428 g/mol. The minimum absolute atomic E-state index is 0.232. The van der Waals surface area contributed by atoms with E-state index < -0.39 is 18.5 Å². The Balaban J connectivity index is 2.04. The molecule has 1 amide bonds. The van der Waals surface area contributed by atoms with Gasteiger partial charge in [-0.25, -0.2) is 10.2 Å². The van der Waals surface area contributed by atoms with Crippen LogP contribution in [0.5, 0.6) is 11.5 Å². The van der Waals surface area contributed by atoms with Crippen LogP contribution in [0.25, 0.3) is 0 Å². The molecule has 0 saturated carbocycles. The first-order valence-electron chi connectivity index (χ1n) is 7.22. The van der Waals surface area contributed by atoms with Gasteiger partial charge in [0, 0.05) is 4.47 Å². The second-order valence-electron chi connectivity index (χ2n) is 4.92. The van der Waals surface area contributed by atoms with Crippen LogP contribution in [0.1, 0.15) is 15.9 Å². The number of nitrogens with one attached hydrogen (secondary N) is 1. The van der Waals surface area contributed by atoms with E-state index >= 15 is 0 Å². The van der Waals surface area contributed by atoms with Crippen LogP contribution in [0, 0.1) is 0 Å². The van der Waals surface area contributed by atoms with Crippen LogP contribution in [0.3, 0.4) is 0 Å². The number of nitrogens with zero attached hydrogens (tertiary/aromatic N) is 1. The number of aliphatic carboxylic acids is 1. The van der Waals surface area contributed by atoms with Crippen LogP contribution in [-0.2, 0) is 4.79 Å². The third-order valence-electron chi connectivity index (χ3n) is 3.09. The summed E-state index contributed by atoms with van der Waals surface area (Å²) >= 11 is 9.32. The highest BCUT2D eigenvalue weighted by molar-refractivity contribution is 9.10. The average Bonchev–Trinajstić information content (AvgIpc) is 2.60. The fourth-order valence-corrected chi connectivity index (χ4v) is 2.54. The molecule has 0 unspecified atom stereocenters. The van der Waals surface area contributed by atoms with E-state index in [-0.39, 0.29) is 10.8 Å². The van der Waals surface area contributed by atoms with Gasteiger partial charge in [-0.15, -0.1) is 0 Å². The van der Waals surface area contributed by atoms with E-state index in [1.165, 1.54) is 25.5 Å². The largest absolute Gasteiger partial charge is 0.496 e. The molecule has 0 saturated heterocycles. The van der Waals surface area contributed by atoms with Gasteiger partial charge in [-0.1, -0.05) is 27.5 Å². The van der Waals surface area contributed by atoms with Crippen LogP contribution in [-0.4, -0.2) is 36.9 Å². The number of ether oxygens (including phenoxy) is 2. The number of halogens is 2. The van der Waals surface area contributed by atoms with Crippen LogP contribution in [0.4, 0.5) is 0 Å². The van der Waals surface area contributed by atoms with E-state index in [1.54, 1.807) is 24.3 Å². The number of hydrogen-bond acceptors (Lipinski definition) is 5. The Morgan fingerprint density at radius 3 is 2.65 bits per heavy atom. The van der Waals surface area contributed by atoms with Gasteiger partial charge < -0.3 is 14.6 Å². The summed E-state index contributed by atoms with van der Waals surface area (Å²) in [6.07, 6.45) is 1.40. The third kappa shape index (κ3) is 5.47. The van der Waals surface area contributed by atoms with Crippen LogP contribution in [0.2, 0.25) is 5.02 Å². The Hall–Kier alpha value is -2.58. The van der Waals surface area contributed by atoms with Crippen molar-refractivity contribution in [2.75, 3.05) is 13.7 Å². The van der Waals surface area contributed by atoms with Crippen molar-refractivity contribution in [3.8, 4) is 11.5 Å². The third-order valence-corrected chi connectivity index (χ3v) is 3.88. The number of carbonyl (C=O) groups excluding carboxylic acids is 1. The van der Waals surface area contributed by atoms with Crippen molar-refractivity contribution in [3.05, 3.63) is 57.0 Å². The van der Waals surface area contributed by atoms with Gasteiger partial charge in [-0.2, -0.15) is 5.10 Å². The lowest BCUT2D eigenvalue weighted by molar-refractivity contribution is -0.139. The predicted octanol–water partition coefficient (Wildman–Crippen LogP) is 3.34. The highest BCUT2D eigenvalue weighted by Gasteiger charge is 2.12. The van der Waals surface area contributed by atoms with Crippen molar-refractivity contribution < 1.29 is 24.2 Å². The number of carbonyl (C=O) groups is 2. The molecule has 0 aromatic heterocycles. The maximum Gasteiger partial charge on any atom is 0.341 e. The Labute approximate surface area is 162 Å². The van der Waals surface area contributed by atoms with Gasteiger partial charge in [-0.3, -0.25) is 4.79 Å². The summed E-state index contributed by atoms with van der Waals surface area (Å²) in [7, 11) is 1.47. The molecular formula is C17H14BrClN2O5. The number of benzene rings is 2. The van der Waals surface area contributed by atoms with Crippen LogP contribution >= 0.6 is 27.5 Å². The molecule has 0 spiro atoms. The average molecular weight is 442 g/mol. The van der Waals surface area contributed by atoms with Gasteiger partial charge >= 0.3 is 5.97 Å². The SMILES string of the molecule is COc1ccc(Br)cc1C(=O)NN=Cc1ccc(OCC(=O)O)c(Cl)c1. The van der Waals surface area contributed by atoms with Crippen molar-refractivity contribution in [2.24, 2.45) is 5.10 Å². The summed E-state index contributed by atoms with van der Waals surface area (Å²) in [6, 6.07) is 9.72. The molecule has 0 aliphatic carbocycles. The number of hydrazone groups is 1. The zero-order valence-electron chi connectivity index (χ0n) is 13.5. The summed E-state index contributed by atoms with van der Waals surface area (Å²) in [6.45, 7) is -0.488.